The Morgan fingerprint density at radius 2 is 0.778 bits per heavy atom. The second-order valence-corrected chi connectivity index (χ2v) is 3.47. The minimum atomic E-state index is 0. The maximum absolute atomic E-state index is 2.18. The Hall–Kier alpha value is -1.24. The molecular weight excluding hydrogens is 252 g/mol. The van der Waals surface area contributed by atoms with Gasteiger partial charge in [0.05, 0.1) is 0 Å². The van der Waals surface area contributed by atoms with Gasteiger partial charge in [-0.15, -0.1) is 0 Å². The second kappa shape index (κ2) is 12.2. The van der Waals surface area contributed by atoms with E-state index in [2.05, 4.69) is 60.7 Å². The van der Waals surface area contributed by atoms with Crippen molar-refractivity contribution in [3.05, 3.63) is 71.8 Å². The fraction of sp³-hybridized carbons (Fsp3) is 0.143. The van der Waals surface area contributed by atoms with Gasteiger partial charge in [-0.1, -0.05) is 60.7 Å². The Balaban J connectivity index is -0.000000562. The standard InChI is InChI=1S/C14H14.Al.3FH/c1-3-7-13(8-4-1)11-12-14-9-5-2-6-10-14;;;;/h1-10H,11-12H2;;3*1H/q;+3;;;/p-3. The summed E-state index contributed by atoms with van der Waals surface area (Å²) in [6, 6.07) is 21.2. The van der Waals surface area contributed by atoms with Crippen LogP contribution in [0.5, 0.6) is 0 Å². The van der Waals surface area contributed by atoms with Crippen molar-refractivity contribution in [2.75, 3.05) is 0 Å². The van der Waals surface area contributed by atoms with Crippen LogP contribution >= 0.6 is 0 Å². The van der Waals surface area contributed by atoms with Gasteiger partial charge in [-0.2, -0.15) is 0 Å². The normalized spacial score (nSPS) is 7.78. The Morgan fingerprint density at radius 3 is 1.06 bits per heavy atom. The zero-order valence-electron chi connectivity index (χ0n) is 9.90. The molecular formula is C14H14AlF3. The third-order valence-corrected chi connectivity index (χ3v) is 2.39. The average Bonchev–Trinajstić information content (AvgIpc) is 2.29. The van der Waals surface area contributed by atoms with Crippen LogP contribution in [0.25, 0.3) is 0 Å². The summed E-state index contributed by atoms with van der Waals surface area (Å²) in [5.74, 6) is 0. The van der Waals surface area contributed by atoms with Crippen molar-refractivity contribution < 1.29 is 14.1 Å². The number of hydrogen-bond donors (Lipinski definition) is 0. The van der Waals surface area contributed by atoms with E-state index in [0.29, 0.717) is 0 Å². The van der Waals surface area contributed by atoms with E-state index in [-0.39, 0.29) is 31.5 Å². The molecule has 0 atom stereocenters. The molecule has 0 saturated heterocycles. The molecule has 0 bridgehead atoms. The molecule has 0 unspecified atom stereocenters. The average molecular weight is 266 g/mol. The van der Waals surface area contributed by atoms with Crippen LogP contribution in [-0.2, 0) is 12.8 Å². The van der Waals surface area contributed by atoms with Crippen molar-refractivity contribution in [3.8, 4) is 0 Å². The summed E-state index contributed by atoms with van der Waals surface area (Å²) in [6.07, 6.45) is 2.26. The van der Waals surface area contributed by atoms with E-state index in [1.807, 2.05) is 0 Å². The van der Waals surface area contributed by atoms with Crippen molar-refractivity contribution in [3.63, 3.8) is 0 Å². The van der Waals surface area contributed by atoms with Crippen molar-refractivity contribution in [1.29, 1.82) is 0 Å². The van der Waals surface area contributed by atoms with Gasteiger partial charge in [0.2, 0.25) is 0 Å². The van der Waals surface area contributed by atoms with E-state index in [1.54, 1.807) is 0 Å². The van der Waals surface area contributed by atoms with E-state index in [4.69, 9.17) is 0 Å². The molecule has 2 rings (SSSR count). The Bertz CT molecular complexity index is 339. The number of hydrogen-bond acceptors (Lipinski definition) is 0. The van der Waals surface area contributed by atoms with Crippen LogP contribution in [0.4, 0.5) is 0 Å². The Morgan fingerprint density at radius 1 is 0.500 bits per heavy atom. The van der Waals surface area contributed by atoms with Gasteiger partial charge in [0.15, 0.2) is 0 Å². The monoisotopic (exact) mass is 266 g/mol. The zero-order valence-corrected chi connectivity index (χ0v) is 11.1. The van der Waals surface area contributed by atoms with Crippen molar-refractivity contribution in [2.45, 2.75) is 12.8 Å². The van der Waals surface area contributed by atoms with Gasteiger partial charge in [-0.25, -0.2) is 0 Å². The predicted octanol–water partition coefficient (Wildman–Crippen LogP) is -5.90. The predicted molar refractivity (Wildman–Crippen MR) is 66.0 cm³/mol. The molecule has 0 amide bonds. The second-order valence-electron chi connectivity index (χ2n) is 3.47. The van der Waals surface area contributed by atoms with Crippen LogP contribution < -0.4 is 14.1 Å². The maximum atomic E-state index is 2.18. The quantitative estimate of drug-likeness (QED) is 0.486. The largest absolute Gasteiger partial charge is 3.00 e. The van der Waals surface area contributed by atoms with E-state index in [1.165, 1.54) is 11.1 Å². The molecule has 0 saturated carbocycles. The van der Waals surface area contributed by atoms with Crippen LogP contribution in [0.15, 0.2) is 60.7 Å². The van der Waals surface area contributed by atoms with Crippen molar-refractivity contribution in [1.82, 2.24) is 0 Å². The van der Waals surface area contributed by atoms with Crippen molar-refractivity contribution >= 4 is 17.4 Å². The number of aryl methyl sites for hydroxylation is 2. The molecule has 0 aliphatic carbocycles. The molecule has 94 valence electrons. The van der Waals surface area contributed by atoms with E-state index < -0.39 is 0 Å². The molecule has 0 aliphatic heterocycles. The van der Waals surface area contributed by atoms with Gasteiger partial charge in [-0.05, 0) is 24.0 Å². The van der Waals surface area contributed by atoms with Gasteiger partial charge < -0.3 is 14.1 Å². The summed E-state index contributed by atoms with van der Waals surface area (Å²) >= 11 is 0. The SMILES string of the molecule is [Al+3].[F-].[F-].[F-].c1ccc(CCc2ccccc2)cc1. The molecule has 0 N–H and O–H groups in total. The topological polar surface area (TPSA) is 0 Å². The smallest absolute Gasteiger partial charge is 1.00 e. The Kier molecular flexibility index (Phi) is 14.9. The van der Waals surface area contributed by atoms with Crippen LogP contribution in [-0.4, -0.2) is 17.4 Å². The summed E-state index contributed by atoms with van der Waals surface area (Å²) in [5, 5.41) is 0. The zero-order chi connectivity index (χ0) is 9.64. The van der Waals surface area contributed by atoms with Gasteiger partial charge in [0.25, 0.3) is 0 Å². The first-order valence-electron chi connectivity index (χ1n) is 5.03. The summed E-state index contributed by atoms with van der Waals surface area (Å²) in [4.78, 5) is 0. The van der Waals surface area contributed by atoms with Crippen LogP contribution in [0, 0.1) is 0 Å². The first kappa shape index (κ1) is 22.0. The maximum Gasteiger partial charge on any atom is 3.00 e. The van der Waals surface area contributed by atoms with Crippen LogP contribution in [0.2, 0.25) is 0 Å². The minimum Gasteiger partial charge on any atom is -1.00 e. The van der Waals surface area contributed by atoms with Crippen LogP contribution in [0.1, 0.15) is 11.1 Å². The first-order chi connectivity index (χ1) is 6.95. The summed E-state index contributed by atoms with van der Waals surface area (Å²) < 4.78 is 0. The van der Waals surface area contributed by atoms with E-state index >= 15 is 0 Å². The molecule has 0 radical (unpaired) electrons. The minimum absolute atomic E-state index is 0. The third kappa shape index (κ3) is 7.16. The van der Waals surface area contributed by atoms with Crippen LogP contribution in [0.3, 0.4) is 0 Å². The molecule has 0 fully saturated rings. The fourth-order valence-corrected chi connectivity index (χ4v) is 1.58. The fourth-order valence-electron chi connectivity index (χ4n) is 1.58. The van der Waals surface area contributed by atoms with Gasteiger partial charge >= 0.3 is 17.4 Å². The number of benzene rings is 2. The molecule has 4 heteroatoms. The molecule has 18 heavy (non-hydrogen) atoms. The molecule has 0 aromatic heterocycles. The summed E-state index contributed by atoms with van der Waals surface area (Å²) in [7, 11) is 0. The van der Waals surface area contributed by atoms with Gasteiger partial charge in [0.1, 0.15) is 0 Å². The molecule has 0 spiro atoms. The first-order valence-corrected chi connectivity index (χ1v) is 5.03. The number of halogens is 3. The van der Waals surface area contributed by atoms with Gasteiger partial charge in [-0.3, -0.25) is 0 Å². The molecule has 2 aromatic rings. The van der Waals surface area contributed by atoms with E-state index in [9.17, 15) is 0 Å². The third-order valence-electron chi connectivity index (χ3n) is 2.39. The van der Waals surface area contributed by atoms with Crippen molar-refractivity contribution in [2.24, 2.45) is 0 Å². The van der Waals surface area contributed by atoms with E-state index in [0.717, 1.165) is 12.8 Å². The van der Waals surface area contributed by atoms with Gasteiger partial charge in [0, 0.05) is 0 Å². The summed E-state index contributed by atoms with van der Waals surface area (Å²) in [6.45, 7) is 0. The summed E-state index contributed by atoms with van der Waals surface area (Å²) in [5.41, 5.74) is 2.83. The Labute approximate surface area is 116 Å². The molecule has 0 aliphatic rings. The molecule has 0 nitrogen and oxygen atoms in total. The molecule has 2 aromatic carbocycles. The number of rotatable bonds is 3. The molecule has 0 heterocycles.